The second-order valence-corrected chi connectivity index (χ2v) is 3.64. The van der Waals surface area contributed by atoms with Gasteiger partial charge in [-0.2, -0.15) is 5.10 Å². The van der Waals surface area contributed by atoms with Gasteiger partial charge in [-0.05, 0) is 30.5 Å². The van der Waals surface area contributed by atoms with Crippen molar-refractivity contribution < 1.29 is 9.90 Å². The molecule has 2 aromatic rings. The van der Waals surface area contributed by atoms with Gasteiger partial charge in [0, 0.05) is 11.8 Å². The molecule has 0 aliphatic heterocycles. The normalized spacial score (nSPS) is 10.1. The highest BCUT2D eigenvalue weighted by Crippen LogP contribution is 2.18. The molecule has 0 amide bonds. The van der Waals surface area contributed by atoms with Gasteiger partial charge in [-0.3, -0.25) is 9.89 Å². The summed E-state index contributed by atoms with van der Waals surface area (Å²) >= 11 is 0. The van der Waals surface area contributed by atoms with Crippen molar-refractivity contribution in [3.63, 3.8) is 0 Å². The van der Waals surface area contributed by atoms with Gasteiger partial charge in [0.15, 0.2) is 0 Å². The van der Waals surface area contributed by atoms with E-state index in [2.05, 4.69) is 10.2 Å². The Kier molecular flexibility index (Phi) is 3.90. The van der Waals surface area contributed by atoms with Crippen LogP contribution in [0.15, 0.2) is 18.3 Å². The topological polar surface area (TPSA) is 66.0 Å². The van der Waals surface area contributed by atoms with Crippen LogP contribution in [0.4, 0.5) is 0 Å². The van der Waals surface area contributed by atoms with E-state index >= 15 is 0 Å². The maximum Gasteiger partial charge on any atom is 0.303 e. The fourth-order valence-corrected chi connectivity index (χ4v) is 1.71. The molecule has 0 unspecified atom stereocenters. The number of rotatable bonds is 3. The lowest BCUT2D eigenvalue weighted by atomic mass is 10.0. The molecule has 16 heavy (non-hydrogen) atoms. The lowest BCUT2D eigenvalue weighted by Gasteiger charge is -2.02. The fourth-order valence-electron chi connectivity index (χ4n) is 1.71. The minimum atomic E-state index is -0.764. The summed E-state index contributed by atoms with van der Waals surface area (Å²) in [5.41, 5.74) is 3.17. The standard InChI is InChI=1S/C11H12N2O2.ClH/c1-7-4-8(2-3-10(14)15)5-9-6-12-13-11(7)9;/h4-6H,2-3H2,1H3,(H,12,13)(H,14,15);1H. The molecule has 0 bridgehead atoms. The fraction of sp³-hybridized carbons (Fsp3) is 0.273. The Bertz CT molecular complexity index is 508. The van der Waals surface area contributed by atoms with E-state index in [9.17, 15) is 4.79 Å². The van der Waals surface area contributed by atoms with Crippen LogP contribution < -0.4 is 0 Å². The number of aliphatic carboxylic acids is 1. The molecule has 5 heteroatoms. The molecule has 1 heterocycles. The van der Waals surface area contributed by atoms with Crippen LogP contribution in [0.2, 0.25) is 0 Å². The Hall–Kier alpha value is -1.55. The molecule has 4 nitrogen and oxygen atoms in total. The van der Waals surface area contributed by atoms with E-state index in [1.54, 1.807) is 6.20 Å². The van der Waals surface area contributed by atoms with Crippen LogP contribution in [0.25, 0.3) is 10.9 Å². The average Bonchev–Trinajstić information content (AvgIpc) is 2.63. The molecule has 0 saturated heterocycles. The number of aromatic nitrogens is 2. The number of H-pyrrole nitrogens is 1. The molecule has 2 N–H and O–H groups in total. The summed E-state index contributed by atoms with van der Waals surface area (Å²) in [6.45, 7) is 1.99. The van der Waals surface area contributed by atoms with Crippen LogP contribution in [0.5, 0.6) is 0 Å². The molecule has 2 rings (SSSR count). The number of carboxylic acids is 1. The monoisotopic (exact) mass is 240 g/mol. The van der Waals surface area contributed by atoms with Crippen LogP contribution >= 0.6 is 12.4 Å². The van der Waals surface area contributed by atoms with E-state index in [0.717, 1.165) is 22.0 Å². The van der Waals surface area contributed by atoms with Crippen molar-refractivity contribution in [2.45, 2.75) is 19.8 Å². The van der Waals surface area contributed by atoms with Gasteiger partial charge < -0.3 is 5.11 Å². The Labute approximate surface area is 99.1 Å². The Balaban J connectivity index is 0.00000128. The minimum absolute atomic E-state index is 0. The first-order chi connectivity index (χ1) is 7.16. The van der Waals surface area contributed by atoms with Crippen LogP contribution in [-0.2, 0) is 11.2 Å². The number of fused-ring (bicyclic) bond motifs is 1. The molecule has 0 atom stereocenters. The molecule has 0 spiro atoms. The van der Waals surface area contributed by atoms with E-state index in [-0.39, 0.29) is 18.8 Å². The first kappa shape index (κ1) is 12.5. The molecule has 86 valence electrons. The zero-order valence-electron chi connectivity index (χ0n) is 8.86. The van der Waals surface area contributed by atoms with Gasteiger partial charge in [-0.25, -0.2) is 0 Å². The van der Waals surface area contributed by atoms with Crippen LogP contribution in [0.3, 0.4) is 0 Å². The number of benzene rings is 1. The maximum absolute atomic E-state index is 10.5. The van der Waals surface area contributed by atoms with Crippen molar-refractivity contribution >= 4 is 29.3 Å². The summed E-state index contributed by atoms with van der Waals surface area (Å²) in [5, 5.41) is 16.5. The first-order valence-electron chi connectivity index (χ1n) is 4.81. The number of nitrogens with zero attached hydrogens (tertiary/aromatic N) is 1. The van der Waals surface area contributed by atoms with Gasteiger partial charge in [0.25, 0.3) is 0 Å². The smallest absolute Gasteiger partial charge is 0.303 e. The van der Waals surface area contributed by atoms with Crippen molar-refractivity contribution in [1.29, 1.82) is 0 Å². The third-order valence-electron chi connectivity index (χ3n) is 2.43. The molecular formula is C11H13ClN2O2. The Morgan fingerprint density at radius 2 is 2.25 bits per heavy atom. The summed E-state index contributed by atoms with van der Waals surface area (Å²) < 4.78 is 0. The summed E-state index contributed by atoms with van der Waals surface area (Å²) in [4.78, 5) is 10.5. The number of aryl methyl sites for hydroxylation is 2. The van der Waals surface area contributed by atoms with Crippen molar-refractivity contribution in [3.8, 4) is 0 Å². The largest absolute Gasteiger partial charge is 0.481 e. The third-order valence-corrected chi connectivity index (χ3v) is 2.43. The quantitative estimate of drug-likeness (QED) is 0.865. The van der Waals surface area contributed by atoms with E-state index in [1.807, 2.05) is 19.1 Å². The maximum atomic E-state index is 10.5. The highest BCUT2D eigenvalue weighted by molar-refractivity contribution is 5.85. The molecule has 0 radical (unpaired) electrons. The number of aromatic amines is 1. The van der Waals surface area contributed by atoms with E-state index in [4.69, 9.17) is 5.11 Å². The van der Waals surface area contributed by atoms with E-state index < -0.39 is 5.97 Å². The Morgan fingerprint density at radius 3 is 2.94 bits per heavy atom. The molecule has 0 fully saturated rings. The number of carbonyl (C=O) groups is 1. The van der Waals surface area contributed by atoms with Gasteiger partial charge >= 0.3 is 5.97 Å². The molecule has 0 aliphatic carbocycles. The summed E-state index contributed by atoms with van der Waals surface area (Å²) in [6, 6.07) is 3.98. The second-order valence-electron chi connectivity index (χ2n) is 3.64. The summed E-state index contributed by atoms with van der Waals surface area (Å²) in [7, 11) is 0. The predicted octanol–water partition coefficient (Wildman–Crippen LogP) is 2.31. The number of hydrogen-bond acceptors (Lipinski definition) is 2. The zero-order chi connectivity index (χ0) is 10.8. The highest BCUT2D eigenvalue weighted by Gasteiger charge is 2.04. The van der Waals surface area contributed by atoms with Gasteiger partial charge in [0.1, 0.15) is 0 Å². The first-order valence-corrected chi connectivity index (χ1v) is 4.81. The third kappa shape index (κ3) is 2.52. The van der Waals surface area contributed by atoms with Crippen molar-refractivity contribution in [3.05, 3.63) is 29.5 Å². The van der Waals surface area contributed by atoms with Gasteiger partial charge in [-0.15, -0.1) is 12.4 Å². The van der Waals surface area contributed by atoms with Gasteiger partial charge in [0.2, 0.25) is 0 Å². The lowest BCUT2D eigenvalue weighted by Crippen LogP contribution is -1.97. The number of halogens is 1. The molecule has 1 aromatic heterocycles. The highest BCUT2D eigenvalue weighted by atomic mass is 35.5. The Morgan fingerprint density at radius 1 is 1.50 bits per heavy atom. The molecule has 0 aliphatic rings. The van der Waals surface area contributed by atoms with Crippen molar-refractivity contribution in [2.75, 3.05) is 0 Å². The van der Waals surface area contributed by atoms with E-state index in [0.29, 0.717) is 6.42 Å². The second kappa shape index (κ2) is 4.99. The van der Waals surface area contributed by atoms with Gasteiger partial charge in [-0.1, -0.05) is 6.07 Å². The average molecular weight is 241 g/mol. The van der Waals surface area contributed by atoms with Crippen molar-refractivity contribution in [2.24, 2.45) is 0 Å². The van der Waals surface area contributed by atoms with E-state index in [1.165, 1.54) is 0 Å². The zero-order valence-corrected chi connectivity index (χ0v) is 9.67. The van der Waals surface area contributed by atoms with Crippen molar-refractivity contribution in [1.82, 2.24) is 10.2 Å². The summed E-state index contributed by atoms with van der Waals surface area (Å²) in [6.07, 6.45) is 2.49. The summed E-state index contributed by atoms with van der Waals surface area (Å²) in [5.74, 6) is -0.764. The number of hydrogen-bond donors (Lipinski definition) is 2. The lowest BCUT2D eigenvalue weighted by molar-refractivity contribution is -0.136. The van der Waals surface area contributed by atoms with Gasteiger partial charge in [0.05, 0.1) is 11.7 Å². The SMILES string of the molecule is Cc1cc(CCC(=O)O)cc2cn[nH]c12.Cl. The van der Waals surface area contributed by atoms with Crippen LogP contribution in [-0.4, -0.2) is 21.3 Å². The number of carboxylic acid groups (broad SMARTS) is 1. The molecule has 0 saturated carbocycles. The minimum Gasteiger partial charge on any atom is -0.481 e. The predicted molar refractivity (Wildman–Crippen MR) is 64.0 cm³/mol. The number of nitrogens with one attached hydrogen (secondary N) is 1. The van der Waals surface area contributed by atoms with Crippen LogP contribution in [0.1, 0.15) is 17.5 Å². The molecular weight excluding hydrogens is 228 g/mol. The molecule has 1 aromatic carbocycles. The van der Waals surface area contributed by atoms with Crippen LogP contribution in [0, 0.1) is 6.92 Å².